The average Bonchev–Trinajstić information content (AvgIpc) is 3.92. The van der Waals surface area contributed by atoms with Gasteiger partial charge in [-0.05, 0) is 54.1 Å². The van der Waals surface area contributed by atoms with Crippen LogP contribution in [0.25, 0.3) is 93.3 Å². The Labute approximate surface area is 312 Å². The van der Waals surface area contributed by atoms with Crippen LogP contribution in [0.4, 0.5) is 0 Å². The molecule has 0 N–H and O–H groups in total. The Morgan fingerprint density at radius 3 is 2.11 bits per heavy atom. The normalized spacial score (nSPS) is 14.1. The molecular formula is C46H29N5S2. The minimum absolute atomic E-state index is 0.117. The standard InChI is InChI=1S/C46H29N5S2/c1-3-13-28(14-4-1)43-48-44(33-19-12-24-40-41(33)32-17-7-10-23-38(32)52-40)50-45(49-43)34-20-11-18-31-35-27-29(25-26-39(35)53-42(31)34)46-47-36-21-8-9-22-37(36)51(46)30-15-5-2-6-16-30/h1-24,26-27,29H,25H2. The molecule has 4 heterocycles. The van der Waals surface area contributed by atoms with Crippen LogP contribution in [0, 0.1) is 0 Å². The van der Waals surface area contributed by atoms with E-state index < -0.39 is 0 Å². The monoisotopic (exact) mass is 715 g/mol. The summed E-state index contributed by atoms with van der Waals surface area (Å²) in [6, 6.07) is 50.8. The maximum absolute atomic E-state index is 5.28. The highest BCUT2D eigenvalue weighted by Gasteiger charge is 2.23. The maximum Gasteiger partial charge on any atom is 0.165 e. The number of fused-ring (bicyclic) bond motifs is 7. The molecule has 53 heavy (non-hydrogen) atoms. The number of thiophene rings is 2. The van der Waals surface area contributed by atoms with Gasteiger partial charge in [0.1, 0.15) is 5.82 Å². The second kappa shape index (κ2) is 12.2. The van der Waals surface area contributed by atoms with Gasteiger partial charge in [0.25, 0.3) is 0 Å². The number of benzene rings is 6. The Morgan fingerprint density at radius 2 is 1.23 bits per heavy atom. The number of para-hydroxylation sites is 3. The van der Waals surface area contributed by atoms with Gasteiger partial charge in [0.2, 0.25) is 0 Å². The molecule has 11 rings (SSSR count). The molecule has 0 radical (unpaired) electrons. The van der Waals surface area contributed by atoms with Crippen molar-refractivity contribution in [1.29, 1.82) is 0 Å². The molecule has 7 heteroatoms. The lowest BCUT2D eigenvalue weighted by Crippen LogP contribution is -2.24. The lowest BCUT2D eigenvalue weighted by Gasteiger charge is -2.16. The molecule has 4 aromatic heterocycles. The quantitative estimate of drug-likeness (QED) is 0.178. The van der Waals surface area contributed by atoms with E-state index in [-0.39, 0.29) is 5.92 Å². The van der Waals surface area contributed by atoms with Gasteiger partial charge in [-0.15, -0.1) is 22.7 Å². The zero-order chi connectivity index (χ0) is 34.9. The van der Waals surface area contributed by atoms with Gasteiger partial charge in [-0.25, -0.2) is 19.9 Å². The Morgan fingerprint density at radius 1 is 0.547 bits per heavy atom. The largest absolute Gasteiger partial charge is 0.296 e. The van der Waals surface area contributed by atoms with Gasteiger partial charge in [-0.1, -0.05) is 115 Å². The van der Waals surface area contributed by atoms with Gasteiger partial charge in [0.15, 0.2) is 17.5 Å². The molecule has 1 unspecified atom stereocenters. The van der Waals surface area contributed by atoms with Gasteiger partial charge in [0.05, 0.1) is 11.0 Å². The fraction of sp³-hybridized carbons (Fsp3) is 0.0435. The van der Waals surface area contributed by atoms with E-state index in [1.807, 2.05) is 29.5 Å². The van der Waals surface area contributed by atoms with Crippen LogP contribution in [0.15, 0.2) is 146 Å². The first-order chi connectivity index (χ1) is 26.3. The molecule has 0 spiro atoms. The molecule has 0 amide bonds. The zero-order valence-electron chi connectivity index (χ0n) is 28.3. The van der Waals surface area contributed by atoms with Crippen molar-refractivity contribution in [3.63, 3.8) is 0 Å². The summed E-state index contributed by atoms with van der Waals surface area (Å²) in [6.07, 6.45) is 5.69. The number of hydrogen-bond donors (Lipinski definition) is 0. The molecule has 0 aliphatic heterocycles. The van der Waals surface area contributed by atoms with Crippen molar-refractivity contribution in [1.82, 2.24) is 24.5 Å². The van der Waals surface area contributed by atoms with Crippen LogP contribution in [0.5, 0.6) is 0 Å². The summed E-state index contributed by atoms with van der Waals surface area (Å²) in [5.74, 6) is 3.19. The molecule has 1 atom stereocenters. The van der Waals surface area contributed by atoms with Crippen LogP contribution in [-0.4, -0.2) is 24.5 Å². The zero-order valence-corrected chi connectivity index (χ0v) is 30.0. The SMILES string of the molecule is C1=c2sc3c(-c4nc(-c5ccccc5)nc(-c5cccc6sc7ccccc7c56)n4)cccc3c2=CC(c2nc3ccccc3n2-c2ccccc2)C1. The maximum atomic E-state index is 5.28. The summed E-state index contributed by atoms with van der Waals surface area (Å²) in [5, 5.41) is 4.87. The molecule has 1 aliphatic carbocycles. The van der Waals surface area contributed by atoms with E-state index in [0.717, 1.165) is 45.7 Å². The minimum atomic E-state index is 0.117. The molecule has 250 valence electrons. The molecule has 6 aromatic carbocycles. The lowest BCUT2D eigenvalue weighted by atomic mass is 9.97. The lowest BCUT2D eigenvalue weighted by molar-refractivity contribution is 0.805. The third-order valence-corrected chi connectivity index (χ3v) is 12.6. The summed E-state index contributed by atoms with van der Waals surface area (Å²) >= 11 is 3.63. The van der Waals surface area contributed by atoms with Gasteiger partial charge in [0, 0.05) is 63.1 Å². The summed E-state index contributed by atoms with van der Waals surface area (Å²) in [6.45, 7) is 0. The summed E-state index contributed by atoms with van der Waals surface area (Å²) in [4.78, 5) is 20.8. The fourth-order valence-corrected chi connectivity index (χ4v) is 10.2. The van der Waals surface area contributed by atoms with E-state index in [4.69, 9.17) is 19.9 Å². The van der Waals surface area contributed by atoms with Crippen molar-refractivity contribution in [2.75, 3.05) is 0 Å². The van der Waals surface area contributed by atoms with Crippen molar-refractivity contribution in [2.24, 2.45) is 0 Å². The predicted molar refractivity (Wildman–Crippen MR) is 221 cm³/mol. The smallest absolute Gasteiger partial charge is 0.165 e. The number of nitrogens with zero attached hydrogens (tertiary/aromatic N) is 5. The highest BCUT2D eigenvalue weighted by Crippen LogP contribution is 2.40. The molecule has 0 fully saturated rings. The third kappa shape index (κ3) is 4.96. The second-order valence-electron chi connectivity index (χ2n) is 13.4. The van der Waals surface area contributed by atoms with Crippen LogP contribution >= 0.6 is 22.7 Å². The van der Waals surface area contributed by atoms with Crippen molar-refractivity contribution in [3.8, 4) is 39.9 Å². The van der Waals surface area contributed by atoms with E-state index in [1.54, 1.807) is 11.3 Å². The van der Waals surface area contributed by atoms with Crippen LogP contribution in [0.1, 0.15) is 18.2 Å². The molecular weight excluding hydrogens is 687 g/mol. The van der Waals surface area contributed by atoms with Crippen molar-refractivity contribution in [3.05, 3.63) is 161 Å². The van der Waals surface area contributed by atoms with Crippen molar-refractivity contribution in [2.45, 2.75) is 12.3 Å². The Kier molecular flexibility index (Phi) is 6.96. The molecule has 5 nitrogen and oxygen atoms in total. The van der Waals surface area contributed by atoms with Crippen molar-refractivity contribution >= 4 is 76.1 Å². The van der Waals surface area contributed by atoms with Gasteiger partial charge in [-0.3, -0.25) is 4.57 Å². The number of hydrogen-bond acceptors (Lipinski definition) is 6. The minimum Gasteiger partial charge on any atom is -0.296 e. The fourth-order valence-electron chi connectivity index (χ4n) is 7.78. The van der Waals surface area contributed by atoms with E-state index in [9.17, 15) is 0 Å². The van der Waals surface area contributed by atoms with E-state index in [0.29, 0.717) is 17.5 Å². The Bertz CT molecular complexity index is 3160. The third-order valence-electron chi connectivity index (χ3n) is 10.2. The first-order valence-electron chi connectivity index (χ1n) is 17.8. The molecule has 1 aliphatic rings. The first-order valence-corrected chi connectivity index (χ1v) is 19.4. The van der Waals surface area contributed by atoms with Crippen LogP contribution < -0.4 is 9.75 Å². The van der Waals surface area contributed by atoms with Gasteiger partial charge >= 0.3 is 0 Å². The van der Waals surface area contributed by atoms with E-state index in [1.165, 1.54) is 40.0 Å². The van der Waals surface area contributed by atoms with E-state index >= 15 is 0 Å². The van der Waals surface area contributed by atoms with Crippen LogP contribution in [-0.2, 0) is 0 Å². The Balaban J connectivity index is 1.10. The van der Waals surface area contributed by atoms with Gasteiger partial charge in [-0.2, -0.15) is 0 Å². The van der Waals surface area contributed by atoms with Crippen molar-refractivity contribution < 1.29 is 0 Å². The summed E-state index contributed by atoms with van der Waals surface area (Å²) in [5.41, 5.74) is 6.25. The Hall–Kier alpha value is -6.28. The predicted octanol–water partition coefficient (Wildman–Crippen LogP) is 10.5. The molecule has 10 aromatic rings. The second-order valence-corrected chi connectivity index (χ2v) is 15.5. The molecule has 0 saturated heterocycles. The number of aromatic nitrogens is 5. The topological polar surface area (TPSA) is 56.5 Å². The highest BCUT2D eigenvalue weighted by molar-refractivity contribution is 7.26. The number of imidazole rings is 1. The molecule has 0 bridgehead atoms. The average molecular weight is 716 g/mol. The summed E-state index contributed by atoms with van der Waals surface area (Å²) < 4.78 is 7.26. The van der Waals surface area contributed by atoms with Crippen LogP contribution in [0.2, 0.25) is 0 Å². The van der Waals surface area contributed by atoms with Gasteiger partial charge < -0.3 is 0 Å². The summed E-state index contributed by atoms with van der Waals surface area (Å²) in [7, 11) is 0. The highest BCUT2D eigenvalue weighted by atomic mass is 32.1. The first kappa shape index (κ1) is 30.4. The number of rotatable bonds is 5. The van der Waals surface area contributed by atoms with E-state index in [2.05, 4.69) is 144 Å². The van der Waals surface area contributed by atoms with Crippen LogP contribution in [0.3, 0.4) is 0 Å². The molecule has 0 saturated carbocycles.